The minimum Gasteiger partial charge on any atom is -0.426 e. The second kappa shape index (κ2) is 7.59. The molecule has 0 bridgehead atoms. The molecule has 0 radical (unpaired) electrons. The summed E-state index contributed by atoms with van der Waals surface area (Å²) in [6, 6.07) is 9.93. The molecule has 6 nitrogen and oxygen atoms in total. The highest BCUT2D eigenvalue weighted by Crippen LogP contribution is 2.27. The Morgan fingerprint density at radius 3 is 2.62 bits per heavy atom. The molecule has 2 aromatic rings. The van der Waals surface area contributed by atoms with Gasteiger partial charge < -0.3 is 9.64 Å². The van der Waals surface area contributed by atoms with E-state index < -0.39 is 15.8 Å². The molecule has 26 heavy (non-hydrogen) atoms. The second-order valence-corrected chi connectivity index (χ2v) is 9.42. The van der Waals surface area contributed by atoms with Gasteiger partial charge in [0.15, 0.2) is 9.84 Å². The summed E-state index contributed by atoms with van der Waals surface area (Å²) in [6.07, 6.45) is 0.412. The van der Waals surface area contributed by atoms with Gasteiger partial charge in [0.2, 0.25) is 0 Å². The maximum Gasteiger partial charge on any atom is 0.308 e. The Kier molecular flexibility index (Phi) is 5.43. The van der Waals surface area contributed by atoms with E-state index >= 15 is 0 Å². The van der Waals surface area contributed by atoms with Crippen molar-refractivity contribution in [3.05, 3.63) is 52.2 Å². The Hall–Kier alpha value is -2.19. The molecule has 1 aliphatic rings. The molecule has 0 aliphatic carbocycles. The van der Waals surface area contributed by atoms with Gasteiger partial charge >= 0.3 is 5.97 Å². The van der Waals surface area contributed by atoms with Crippen LogP contribution in [-0.4, -0.2) is 42.7 Å². The van der Waals surface area contributed by atoms with Gasteiger partial charge in [-0.1, -0.05) is 18.2 Å². The number of rotatable bonds is 5. The van der Waals surface area contributed by atoms with Gasteiger partial charge in [-0.15, -0.1) is 11.3 Å². The Morgan fingerprint density at radius 2 is 2.00 bits per heavy atom. The van der Waals surface area contributed by atoms with Gasteiger partial charge in [0, 0.05) is 17.8 Å². The molecule has 1 aromatic heterocycles. The normalized spacial score (nSPS) is 18.4. The third-order valence-electron chi connectivity index (χ3n) is 4.19. The fourth-order valence-corrected chi connectivity index (χ4v) is 5.43. The monoisotopic (exact) mass is 393 g/mol. The summed E-state index contributed by atoms with van der Waals surface area (Å²) in [5.74, 6) is -0.630. The van der Waals surface area contributed by atoms with E-state index in [4.69, 9.17) is 4.74 Å². The summed E-state index contributed by atoms with van der Waals surface area (Å²) >= 11 is 1.51. The highest BCUT2D eigenvalue weighted by molar-refractivity contribution is 7.91. The zero-order valence-electron chi connectivity index (χ0n) is 14.3. The standard InChI is InChI=1S/C18H19NO5S2/c1-13(20)24-17-7-3-2-6-16(17)18(21)19(11-15-5-4-9-25-15)14-8-10-26(22,23)12-14/h2-7,9,14H,8,10-12H2,1H3/t14-/m0/s1. The third kappa shape index (κ3) is 4.31. The number of para-hydroxylation sites is 1. The molecule has 0 unspecified atom stereocenters. The van der Waals surface area contributed by atoms with Crippen molar-refractivity contribution in [1.29, 1.82) is 0 Å². The third-order valence-corrected chi connectivity index (χ3v) is 6.80. The molecule has 0 N–H and O–H groups in total. The number of hydrogen-bond acceptors (Lipinski definition) is 6. The van der Waals surface area contributed by atoms with Crippen LogP contribution in [0.3, 0.4) is 0 Å². The highest BCUT2D eigenvalue weighted by atomic mass is 32.2. The van der Waals surface area contributed by atoms with Crippen LogP contribution < -0.4 is 4.74 Å². The summed E-state index contributed by atoms with van der Waals surface area (Å²) in [5.41, 5.74) is 0.253. The van der Waals surface area contributed by atoms with Gasteiger partial charge in [-0.25, -0.2) is 8.42 Å². The molecule has 2 heterocycles. The first-order chi connectivity index (χ1) is 12.4. The number of benzene rings is 1. The van der Waals surface area contributed by atoms with Crippen LogP contribution in [0.1, 0.15) is 28.6 Å². The van der Waals surface area contributed by atoms with Gasteiger partial charge in [-0.2, -0.15) is 0 Å². The van der Waals surface area contributed by atoms with Crippen molar-refractivity contribution in [3.8, 4) is 5.75 Å². The number of nitrogens with zero attached hydrogens (tertiary/aromatic N) is 1. The summed E-state index contributed by atoms with van der Waals surface area (Å²) in [4.78, 5) is 27.1. The molecular formula is C18H19NO5S2. The van der Waals surface area contributed by atoms with Crippen LogP contribution in [0.25, 0.3) is 0 Å². The lowest BCUT2D eigenvalue weighted by atomic mass is 10.1. The first-order valence-electron chi connectivity index (χ1n) is 8.17. The van der Waals surface area contributed by atoms with E-state index in [1.807, 2.05) is 17.5 Å². The fraction of sp³-hybridized carbons (Fsp3) is 0.333. The first-order valence-corrected chi connectivity index (χ1v) is 10.9. The van der Waals surface area contributed by atoms with Crippen molar-refractivity contribution in [1.82, 2.24) is 4.90 Å². The van der Waals surface area contributed by atoms with Crippen LogP contribution in [0.5, 0.6) is 5.75 Å². The van der Waals surface area contributed by atoms with Crippen molar-refractivity contribution in [3.63, 3.8) is 0 Å². The molecule has 1 aromatic carbocycles. The molecular weight excluding hydrogens is 374 g/mol. The van der Waals surface area contributed by atoms with Crippen molar-refractivity contribution < 1.29 is 22.7 Å². The highest BCUT2D eigenvalue weighted by Gasteiger charge is 2.36. The zero-order chi connectivity index (χ0) is 18.7. The summed E-state index contributed by atoms with van der Waals surface area (Å²) in [7, 11) is -3.14. The maximum atomic E-state index is 13.2. The Morgan fingerprint density at radius 1 is 1.23 bits per heavy atom. The SMILES string of the molecule is CC(=O)Oc1ccccc1C(=O)N(Cc1cccs1)[C@H]1CCS(=O)(=O)C1. The number of ether oxygens (including phenoxy) is 1. The summed E-state index contributed by atoms with van der Waals surface area (Å²) < 4.78 is 29.0. The predicted molar refractivity (Wildman–Crippen MR) is 99.0 cm³/mol. The van der Waals surface area contributed by atoms with Crippen LogP contribution >= 0.6 is 11.3 Å². The largest absolute Gasteiger partial charge is 0.426 e. The number of carbonyl (C=O) groups excluding carboxylic acids is 2. The van der Waals surface area contributed by atoms with Gasteiger partial charge in [0.05, 0.1) is 23.6 Å². The summed E-state index contributed by atoms with van der Waals surface area (Å²) in [5, 5.41) is 1.91. The minimum atomic E-state index is -3.14. The van der Waals surface area contributed by atoms with Gasteiger partial charge in [0.1, 0.15) is 5.75 Å². The number of amides is 1. The quantitative estimate of drug-likeness (QED) is 0.576. The number of esters is 1. The van der Waals surface area contributed by atoms with Gasteiger partial charge in [0.25, 0.3) is 5.91 Å². The van der Waals surface area contributed by atoms with Gasteiger partial charge in [-0.3, -0.25) is 9.59 Å². The second-order valence-electron chi connectivity index (χ2n) is 6.16. The first kappa shape index (κ1) is 18.6. The molecule has 8 heteroatoms. The van der Waals surface area contributed by atoms with Crippen molar-refractivity contribution in [2.75, 3.05) is 11.5 Å². The lowest BCUT2D eigenvalue weighted by Gasteiger charge is -2.28. The van der Waals surface area contributed by atoms with E-state index in [9.17, 15) is 18.0 Å². The topological polar surface area (TPSA) is 80.8 Å². The van der Waals surface area contributed by atoms with Crippen molar-refractivity contribution in [2.45, 2.75) is 25.9 Å². The van der Waals surface area contributed by atoms with Crippen LogP contribution in [0.4, 0.5) is 0 Å². The van der Waals surface area contributed by atoms with Crippen LogP contribution in [-0.2, 0) is 21.2 Å². The van der Waals surface area contributed by atoms with Crippen molar-refractivity contribution in [2.24, 2.45) is 0 Å². The molecule has 1 aliphatic heterocycles. The molecule has 0 saturated carbocycles. The minimum absolute atomic E-state index is 0.0418. The van der Waals surface area contributed by atoms with E-state index in [-0.39, 0.29) is 34.8 Å². The van der Waals surface area contributed by atoms with E-state index in [0.717, 1.165) is 4.88 Å². The average molecular weight is 393 g/mol. The molecule has 1 fully saturated rings. The van der Waals surface area contributed by atoms with Crippen molar-refractivity contribution >= 4 is 33.1 Å². The predicted octanol–water partition coefficient (Wildman–Crippen LogP) is 2.50. The number of sulfone groups is 1. The lowest BCUT2D eigenvalue weighted by molar-refractivity contribution is -0.131. The fourth-order valence-electron chi connectivity index (χ4n) is 3.00. The molecule has 0 spiro atoms. The zero-order valence-corrected chi connectivity index (χ0v) is 15.9. The van der Waals surface area contributed by atoms with Crippen LogP contribution in [0.2, 0.25) is 0 Å². The molecule has 138 valence electrons. The van der Waals surface area contributed by atoms with Crippen LogP contribution in [0, 0.1) is 0 Å². The van der Waals surface area contributed by atoms with E-state index in [1.165, 1.54) is 18.3 Å². The Bertz CT molecular complexity index is 905. The smallest absolute Gasteiger partial charge is 0.308 e. The molecule has 1 atom stereocenters. The maximum absolute atomic E-state index is 13.2. The van der Waals surface area contributed by atoms with Crippen LogP contribution in [0.15, 0.2) is 41.8 Å². The number of carbonyl (C=O) groups is 2. The summed E-state index contributed by atoms with van der Waals surface area (Å²) in [6.45, 7) is 1.60. The number of thiophene rings is 1. The van der Waals surface area contributed by atoms with E-state index in [0.29, 0.717) is 13.0 Å². The number of hydrogen-bond donors (Lipinski definition) is 0. The molecule has 3 rings (SSSR count). The van der Waals surface area contributed by atoms with Gasteiger partial charge in [-0.05, 0) is 30.0 Å². The molecule has 1 saturated heterocycles. The average Bonchev–Trinajstić information content (AvgIpc) is 3.21. The Labute approximate surface area is 156 Å². The lowest BCUT2D eigenvalue weighted by Crippen LogP contribution is -2.40. The van der Waals surface area contributed by atoms with E-state index in [1.54, 1.807) is 29.2 Å². The Balaban J connectivity index is 1.94. The van der Waals surface area contributed by atoms with E-state index in [2.05, 4.69) is 0 Å². The molecule has 1 amide bonds.